The number of thiazole rings is 1. The fraction of sp³-hybridized carbons (Fsp3) is 0.0952. The maximum absolute atomic E-state index is 12.3. The molecule has 2 heterocycles. The van der Waals surface area contributed by atoms with Crippen LogP contribution in [0.2, 0.25) is 5.02 Å². The quantitative estimate of drug-likeness (QED) is 0.479. The van der Waals surface area contributed by atoms with Crippen molar-refractivity contribution in [3.8, 4) is 27.7 Å². The molecule has 0 aliphatic carbocycles. The van der Waals surface area contributed by atoms with E-state index in [0.717, 1.165) is 22.0 Å². The number of amides is 1. The van der Waals surface area contributed by atoms with Gasteiger partial charge in [-0.05, 0) is 24.3 Å². The number of carbonyl (C=O) groups is 1. The van der Waals surface area contributed by atoms with Gasteiger partial charge in [-0.15, -0.1) is 0 Å². The topological polar surface area (TPSA) is 69.0 Å². The van der Waals surface area contributed by atoms with E-state index in [2.05, 4.69) is 15.3 Å². The fourth-order valence-corrected chi connectivity index (χ4v) is 3.91. The van der Waals surface area contributed by atoms with Gasteiger partial charge in [0.1, 0.15) is 5.75 Å². The van der Waals surface area contributed by atoms with Crippen LogP contribution in [0.5, 0.6) is 5.75 Å². The second-order valence-corrected chi connectivity index (χ2v) is 7.65. The van der Waals surface area contributed by atoms with Gasteiger partial charge in [0.05, 0.1) is 10.6 Å². The predicted octanol–water partition coefficient (Wildman–Crippen LogP) is 4.88. The molecule has 29 heavy (non-hydrogen) atoms. The zero-order chi connectivity index (χ0) is 20.2. The molecular formula is C21H17ClN4O2S. The Labute approximate surface area is 176 Å². The van der Waals surface area contributed by atoms with E-state index in [1.165, 1.54) is 11.3 Å². The number of hydrogen-bond acceptors (Lipinski definition) is 5. The molecule has 0 spiro atoms. The third kappa shape index (κ3) is 4.47. The van der Waals surface area contributed by atoms with Gasteiger partial charge < -0.3 is 9.30 Å². The number of imidazole rings is 1. The van der Waals surface area contributed by atoms with Crippen LogP contribution in [0.1, 0.15) is 0 Å². The van der Waals surface area contributed by atoms with Gasteiger partial charge in [-0.1, -0.05) is 53.3 Å². The molecule has 0 unspecified atom stereocenters. The first-order valence-electron chi connectivity index (χ1n) is 8.82. The van der Waals surface area contributed by atoms with E-state index in [9.17, 15) is 4.79 Å². The lowest BCUT2D eigenvalue weighted by Crippen LogP contribution is -2.20. The van der Waals surface area contributed by atoms with Crippen LogP contribution in [-0.2, 0) is 11.8 Å². The molecule has 8 heteroatoms. The van der Waals surface area contributed by atoms with Gasteiger partial charge in [0.15, 0.2) is 17.6 Å². The lowest BCUT2D eigenvalue weighted by Gasteiger charge is -2.05. The van der Waals surface area contributed by atoms with E-state index in [0.29, 0.717) is 15.9 Å². The monoisotopic (exact) mass is 424 g/mol. The van der Waals surface area contributed by atoms with E-state index in [-0.39, 0.29) is 12.5 Å². The Kier molecular flexibility index (Phi) is 5.59. The highest BCUT2D eigenvalue weighted by Crippen LogP contribution is 2.38. The van der Waals surface area contributed by atoms with Crippen molar-refractivity contribution in [2.45, 2.75) is 0 Å². The Morgan fingerprint density at radius 1 is 1.17 bits per heavy atom. The van der Waals surface area contributed by atoms with Gasteiger partial charge in [-0.3, -0.25) is 10.1 Å². The van der Waals surface area contributed by atoms with Gasteiger partial charge in [0, 0.05) is 30.0 Å². The standard InChI is InChI=1S/C21H17ClN4O2S/c1-26-12-11-23-20(26)19-18(14-5-3-2-4-6-14)25-21(29-19)24-17(27)13-28-16-9-7-15(22)8-10-16/h2-12H,13H2,1H3,(H,24,25,27). The van der Waals surface area contributed by atoms with Crippen LogP contribution in [0.15, 0.2) is 67.0 Å². The summed E-state index contributed by atoms with van der Waals surface area (Å²) in [5.41, 5.74) is 1.73. The lowest BCUT2D eigenvalue weighted by molar-refractivity contribution is -0.118. The summed E-state index contributed by atoms with van der Waals surface area (Å²) in [5.74, 6) is 1.07. The Hall–Kier alpha value is -3.16. The molecule has 0 aliphatic heterocycles. The molecule has 0 radical (unpaired) electrons. The van der Waals surface area contributed by atoms with Crippen molar-refractivity contribution >= 4 is 34.0 Å². The van der Waals surface area contributed by atoms with Crippen LogP contribution in [-0.4, -0.2) is 27.0 Å². The third-order valence-electron chi connectivity index (χ3n) is 4.13. The molecule has 4 aromatic rings. The van der Waals surface area contributed by atoms with Gasteiger partial charge in [0.2, 0.25) is 0 Å². The number of nitrogens with one attached hydrogen (secondary N) is 1. The molecular weight excluding hydrogens is 408 g/mol. The minimum atomic E-state index is -0.292. The largest absolute Gasteiger partial charge is 0.484 e. The van der Waals surface area contributed by atoms with E-state index in [4.69, 9.17) is 16.3 Å². The number of benzene rings is 2. The van der Waals surface area contributed by atoms with Crippen LogP contribution < -0.4 is 10.1 Å². The number of carbonyl (C=O) groups excluding carboxylic acids is 1. The number of aryl methyl sites for hydroxylation is 1. The van der Waals surface area contributed by atoms with E-state index in [1.807, 2.05) is 48.1 Å². The summed E-state index contributed by atoms with van der Waals surface area (Å²) in [5, 5.41) is 3.92. The highest BCUT2D eigenvalue weighted by Gasteiger charge is 2.19. The molecule has 0 bridgehead atoms. The zero-order valence-electron chi connectivity index (χ0n) is 15.5. The first-order chi connectivity index (χ1) is 14.1. The molecule has 1 N–H and O–H groups in total. The minimum absolute atomic E-state index is 0.125. The van der Waals surface area contributed by atoms with Crippen molar-refractivity contribution in [2.24, 2.45) is 7.05 Å². The molecule has 1 amide bonds. The Morgan fingerprint density at radius 2 is 1.93 bits per heavy atom. The predicted molar refractivity (Wildman–Crippen MR) is 115 cm³/mol. The van der Waals surface area contributed by atoms with Gasteiger partial charge in [0.25, 0.3) is 5.91 Å². The summed E-state index contributed by atoms with van der Waals surface area (Å²) in [6.07, 6.45) is 3.62. The summed E-state index contributed by atoms with van der Waals surface area (Å²) < 4.78 is 7.42. The van der Waals surface area contributed by atoms with Crippen LogP contribution in [0.25, 0.3) is 22.0 Å². The molecule has 146 valence electrons. The number of ether oxygens (including phenoxy) is 1. The maximum atomic E-state index is 12.3. The van der Waals surface area contributed by atoms with E-state index in [1.54, 1.807) is 30.5 Å². The van der Waals surface area contributed by atoms with Crippen molar-refractivity contribution in [3.63, 3.8) is 0 Å². The molecule has 2 aromatic heterocycles. The number of halogens is 1. The third-order valence-corrected chi connectivity index (χ3v) is 5.35. The smallest absolute Gasteiger partial charge is 0.264 e. The first kappa shape index (κ1) is 19.2. The second kappa shape index (κ2) is 8.46. The summed E-state index contributed by atoms with van der Waals surface area (Å²) in [6, 6.07) is 16.7. The summed E-state index contributed by atoms with van der Waals surface area (Å²) in [4.78, 5) is 22.3. The van der Waals surface area contributed by atoms with Crippen molar-refractivity contribution in [1.29, 1.82) is 0 Å². The zero-order valence-corrected chi connectivity index (χ0v) is 17.1. The molecule has 0 fully saturated rings. The number of anilines is 1. The maximum Gasteiger partial charge on any atom is 0.264 e. The summed E-state index contributed by atoms with van der Waals surface area (Å²) >= 11 is 7.23. The van der Waals surface area contributed by atoms with Crippen molar-refractivity contribution in [3.05, 3.63) is 72.0 Å². The minimum Gasteiger partial charge on any atom is -0.484 e. The van der Waals surface area contributed by atoms with Crippen molar-refractivity contribution in [2.75, 3.05) is 11.9 Å². The summed E-state index contributed by atoms with van der Waals surface area (Å²) in [7, 11) is 1.93. The second-order valence-electron chi connectivity index (χ2n) is 6.22. The summed E-state index contributed by atoms with van der Waals surface area (Å²) in [6.45, 7) is -0.125. The number of rotatable bonds is 6. The molecule has 0 aliphatic rings. The Balaban J connectivity index is 1.54. The molecule has 0 saturated heterocycles. The first-order valence-corrected chi connectivity index (χ1v) is 10.0. The molecule has 6 nitrogen and oxygen atoms in total. The highest BCUT2D eigenvalue weighted by molar-refractivity contribution is 7.19. The Morgan fingerprint density at radius 3 is 2.62 bits per heavy atom. The normalized spacial score (nSPS) is 10.7. The number of nitrogens with zero attached hydrogens (tertiary/aromatic N) is 3. The van der Waals surface area contributed by atoms with Gasteiger partial charge in [-0.25, -0.2) is 9.97 Å². The molecule has 0 saturated carbocycles. The van der Waals surface area contributed by atoms with Crippen LogP contribution in [0.4, 0.5) is 5.13 Å². The Bertz CT molecular complexity index is 1120. The SMILES string of the molecule is Cn1ccnc1-c1sc(NC(=O)COc2ccc(Cl)cc2)nc1-c1ccccc1. The number of aromatic nitrogens is 3. The van der Waals surface area contributed by atoms with Crippen LogP contribution >= 0.6 is 22.9 Å². The average Bonchev–Trinajstić information content (AvgIpc) is 3.34. The van der Waals surface area contributed by atoms with Crippen molar-refractivity contribution in [1.82, 2.24) is 14.5 Å². The fourth-order valence-electron chi connectivity index (χ4n) is 2.74. The van der Waals surface area contributed by atoms with Crippen LogP contribution in [0, 0.1) is 0 Å². The molecule has 2 aromatic carbocycles. The molecule has 4 rings (SSSR count). The van der Waals surface area contributed by atoms with E-state index < -0.39 is 0 Å². The van der Waals surface area contributed by atoms with Crippen molar-refractivity contribution < 1.29 is 9.53 Å². The van der Waals surface area contributed by atoms with E-state index >= 15 is 0 Å². The lowest BCUT2D eigenvalue weighted by atomic mass is 10.1. The average molecular weight is 425 g/mol. The highest BCUT2D eigenvalue weighted by atomic mass is 35.5. The van der Waals surface area contributed by atoms with Crippen LogP contribution in [0.3, 0.4) is 0 Å². The molecule has 0 atom stereocenters. The number of hydrogen-bond donors (Lipinski definition) is 1. The van der Waals surface area contributed by atoms with Gasteiger partial charge in [-0.2, -0.15) is 0 Å². The van der Waals surface area contributed by atoms with Gasteiger partial charge >= 0.3 is 0 Å².